The molecule has 0 fully saturated rings. The zero-order valence-electron chi connectivity index (χ0n) is 10.2. The summed E-state index contributed by atoms with van der Waals surface area (Å²) < 4.78 is 12.8. The van der Waals surface area contributed by atoms with Crippen molar-refractivity contribution in [3.63, 3.8) is 0 Å². The van der Waals surface area contributed by atoms with Gasteiger partial charge in [-0.15, -0.1) is 0 Å². The SMILES string of the molecule is Cc1c(N)nc(N)nc1C(C)c1ccc(F)cn1. The summed E-state index contributed by atoms with van der Waals surface area (Å²) in [5.74, 6) is -0.0175. The van der Waals surface area contributed by atoms with E-state index in [1.54, 1.807) is 6.07 Å². The van der Waals surface area contributed by atoms with Crippen molar-refractivity contribution in [1.29, 1.82) is 0 Å². The first-order chi connectivity index (χ1) is 8.49. The van der Waals surface area contributed by atoms with E-state index in [9.17, 15) is 4.39 Å². The number of aromatic nitrogens is 3. The van der Waals surface area contributed by atoms with Gasteiger partial charge in [-0.05, 0) is 19.1 Å². The van der Waals surface area contributed by atoms with Crippen molar-refractivity contribution in [2.24, 2.45) is 0 Å². The zero-order valence-corrected chi connectivity index (χ0v) is 10.2. The van der Waals surface area contributed by atoms with E-state index in [0.29, 0.717) is 17.2 Å². The highest BCUT2D eigenvalue weighted by atomic mass is 19.1. The molecule has 0 saturated carbocycles. The van der Waals surface area contributed by atoms with Gasteiger partial charge in [-0.3, -0.25) is 4.98 Å². The lowest BCUT2D eigenvalue weighted by Gasteiger charge is -2.14. The van der Waals surface area contributed by atoms with Crippen LogP contribution in [0.25, 0.3) is 0 Å². The van der Waals surface area contributed by atoms with Crippen LogP contribution < -0.4 is 11.5 Å². The molecule has 0 radical (unpaired) electrons. The summed E-state index contributed by atoms with van der Waals surface area (Å²) in [6, 6.07) is 2.98. The summed E-state index contributed by atoms with van der Waals surface area (Å²) >= 11 is 0. The molecule has 2 aromatic rings. The second kappa shape index (κ2) is 4.56. The summed E-state index contributed by atoms with van der Waals surface area (Å²) in [5.41, 5.74) is 13.5. The minimum Gasteiger partial charge on any atom is -0.383 e. The van der Waals surface area contributed by atoms with E-state index in [2.05, 4.69) is 15.0 Å². The van der Waals surface area contributed by atoms with E-state index in [1.165, 1.54) is 12.3 Å². The highest BCUT2D eigenvalue weighted by Gasteiger charge is 2.17. The number of halogens is 1. The maximum Gasteiger partial charge on any atom is 0.222 e. The molecule has 5 nitrogen and oxygen atoms in total. The summed E-state index contributed by atoms with van der Waals surface area (Å²) in [4.78, 5) is 12.1. The van der Waals surface area contributed by atoms with Gasteiger partial charge in [-0.2, -0.15) is 4.98 Å². The second-order valence-corrected chi connectivity index (χ2v) is 4.10. The maximum atomic E-state index is 12.8. The Hall–Kier alpha value is -2.24. The molecular weight excluding hydrogens is 233 g/mol. The van der Waals surface area contributed by atoms with Crippen LogP contribution in [0.5, 0.6) is 0 Å². The monoisotopic (exact) mass is 247 g/mol. The van der Waals surface area contributed by atoms with Crippen LogP contribution in [0, 0.1) is 12.7 Å². The lowest BCUT2D eigenvalue weighted by Crippen LogP contribution is -2.10. The van der Waals surface area contributed by atoms with Gasteiger partial charge in [-0.1, -0.05) is 6.92 Å². The van der Waals surface area contributed by atoms with Crippen LogP contribution in [0.3, 0.4) is 0 Å². The van der Waals surface area contributed by atoms with Crippen LogP contribution in [0.2, 0.25) is 0 Å². The normalized spacial score (nSPS) is 12.4. The Bertz CT molecular complexity index is 567. The van der Waals surface area contributed by atoms with Gasteiger partial charge in [0.2, 0.25) is 5.95 Å². The lowest BCUT2D eigenvalue weighted by atomic mass is 9.99. The molecule has 0 amide bonds. The van der Waals surface area contributed by atoms with Crippen LogP contribution in [0.4, 0.5) is 16.2 Å². The van der Waals surface area contributed by atoms with Gasteiger partial charge >= 0.3 is 0 Å². The standard InChI is InChI=1S/C12H14FN5/c1-6(9-4-3-8(13)5-16-9)10-7(2)11(14)18-12(15)17-10/h3-6H,1-2H3,(H4,14,15,17,18). The number of anilines is 2. The first-order valence-corrected chi connectivity index (χ1v) is 5.50. The number of hydrogen-bond donors (Lipinski definition) is 2. The molecule has 94 valence electrons. The number of pyridine rings is 1. The van der Waals surface area contributed by atoms with Crippen LogP contribution in [0.15, 0.2) is 18.3 Å². The third-order valence-electron chi connectivity index (χ3n) is 2.84. The number of nitrogen functional groups attached to an aromatic ring is 2. The predicted molar refractivity (Wildman–Crippen MR) is 67.3 cm³/mol. The summed E-state index contributed by atoms with van der Waals surface area (Å²) in [5, 5.41) is 0. The smallest absolute Gasteiger partial charge is 0.222 e. The van der Waals surface area contributed by atoms with Crippen LogP contribution in [0.1, 0.15) is 29.8 Å². The Morgan fingerprint density at radius 3 is 2.56 bits per heavy atom. The molecule has 0 saturated heterocycles. The van der Waals surface area contributed by atoms with Crippen molar-refractivity contribution >= 4 is 11.8 Å². The first kappa shape index (κ1) is 12.2. The fraction of sp³-hybridized carbons (Fsp3) is 0.250. The number of rotatable bonds is 2. The topological polar surface area (TPSA) is 90.7 Å². The Balaban J connectivity index is 2.45. The van der Waals surface area contributed by atoms with E-state index >= 15 is 0 Å². The average molecular weight is 247 g/mol. The Morgan fingerprint density at radius 1 is 1.22 bits per heavy atom. The molecule has 1 atom stereocenters. The molecule has 0 aliphatic rings. The number of nitrogens with two attached hydrogens (primary N) is 2. The van der Waals surface area contributed by atoms with Gasteiger partial charge < -0.3 is 11.5 Å². The molecule has 0 aliphatic heterocycles. The quantitative estimate of drug-likeness (QED) is 0.841. The molecule has 1 unspecified atom stereocenters. The maximum absolute atomic E-state index is 12.8. The molecule has 2 aromatic heterocycles. The van der Waals surface area contributed by atoms with Crippen molar-refractivity contribution in [1.82, 2.24) is 15.0 Å². The third kappa shape index (κ3) is 2.22. The highest BCUT2D eigenvalue weighted by molar-refractivity contribution is 5.47. The molecule has 2 heterocycles. The van der Waals surface area contributed by atoms with Gasteiger partial charge in [0.25, 0.3) is 0 Å². The average Bonchev–Trinajstić information content (AvgIpc) is 2.34. The third-order valence-corrected chi connectivity index (χ3v) is 2.84. The molecule has 18 heavy (non-hydrogen) atoms. The van der Waals surface area contributed by atoms with Gasteiger partial charge in [0, 0.05) is 17.2 Å². The van der Waals surface area contributed by atoms with Crippen molar-refractivity contribution in [2.75, 3.05) is 11.5 Å². The second-order valence-electron chi connectivity index (χ2n) is 4.10. The van der Waals surface area contributed by atoms with Gasteiger partial charge in [-0.25, -0.2) is 9.37 Å². The van der Waals surface area contributed by atoms with Crippen molar-refractivity contribution < 1.29 is 4.39 Å². The number of hydrogen-bond acceptors (Lipinski definition) is 5. The van der Waals surface area contributed by atoms with Gasteiger partial charge in [0.05, 0.1) is 11.9 Å². The predicted octanol–water partition coefficient (Wildman–Crippen LogP) is 1.64. The Kier molecular flexibility index (Phi) is 3.10. The van der Waals surface area contributed by atoms with E-state index in [4.69, 9.17) is 11.5 Å². The van der Waals surface area contributed by atoms with Gasteiger partial charge in [0.15, 0.2) is 0 Å². The fourth-order valence-corrected chi connectivity index (χ4v) is 1.78. The number of nitrogens with zero attached hydrogens (tertiary/aromatic N) is 3. The molecule has 0 spiro atoms. The molecular formula is C12H14FN5. The summed E-state index contributed by atoms with van der Waals surface area (Å²) in [6.45, 7) is 3.73. The highest BCUT2D eigenvalue weighted by Crippen LogP contribution is 2.26. The first-order valence-electron chi connectivity index (χ1n) is 5.50. The largest absolute Gasteiger partial charge is 0.383 e. The fourth-order valence-electron chi connectivity index (χ4n) is 1.78. The summed E-state index contributed by atoms with van der Waals surface area (Å²) in [7, 11) is 0. The van der Waals surface area contributed by atoms with Crippen molar-refractivity contribution in [3.8, 4) is 0 Å². The molecule has 4 N–H and O–H groups in total. The van der Waals surface area contributed by atoms with Crippen LogP contribution in [-0.4, -0.2) is 15.0 Å². The molecule has 0 bridgehead atoms. The van der Waals surface area contributed by atoms with Crippen LogP contribution >= 0.6 is 0 Å². The molecule has 0 aromatic carbocycles. The summed E-state index contributed by atoms with van der Waals surface area (Å²) in [6.07, 6.45) is 1.18. The lowest BCUT2D eigenvalue weighted by molar-refractivity contribution is 0.617. The van der Waals surface area contributed by atoms with E-state index < -0.39 is 0 Å². The zero-order chi connectivity index (χ0) is 13.3. The Morgan fingerprint density at radius 2 is 1.94 bits per heavy atom. The van der Waals surface area contributed by atoms with E-state index in [-0.39, 0.29) is 17.7 Å². The Labute approximate surface area is 104 Å². The minimum absolute atomic E-state index is 0.127. The molecule has 2 rings (SSSR count). The van der Waals surface area contributed by atoms with Crippen LogP contribution in [-0.2, 0) is 0 Å². The molecule has 0 aliphatic carbocycles. The minimum atomic E-state index is -0.371. The molecule has 6 heteroatoms. The van der Waals surface area contributed by atoms with Gasteiger partial charge in [0.1, 0.15) is 11.6 Å². The van der Waals surface area contributed by atoms with Crippen molar-refractivity contribution in [3.05, 3.63) is 41.1 Å². The van der Waals surface area contributed by atoms with E-state index in [0.717, 1.165) is 5.56 Å². The van der Waals surface area contributed by atoms with Crippen molar-refractivity contribution in [2.45, 2.75) is 19.8 Å². The van der Waals surface area contributed by atoms with E-state index in [1.807, 2.05) is 13.8 Å².